The van der Waals surface area contributed by atoms with Gasteiger partial charge in [-0.05, 0) is 25.5 Å². The first-order valence-electron chi connectivity index (χ1n) is 11.8. The minimum Gasteiger partial charge on any atom is -0.383 e. The number of carbonyl (C=O) groups excluding carboxylic acids is 1. The van der Waals surface area contributed by atoms with Crippen LogP contribution in [0.2, 0.25) is 5.02 Å². The lowest BCUT2D eigenvalue weighted by atomic mass is 10.2. The zero-order valence-corrected chi connectivity index (χ0v) is 22.9. The van der Waals surface area contributed by atoms with Gasteiger partial charge < -0.3 is 19.4 Å². The molecule has 1 aliphatic heterocycles. The molecule has 0 N–H and O–H groups in total. The molecule has 0 atom stereocenters. The molecule has 0 unspecified atom stereocenters. The van der Waals surface area contributed by atoms with Crippen molar-refractivity contribution in [2.45, 2.75) is 13.8 Å². The van der Waals surface area contributed by atoms with Crippen molar-refractivity contribution < 1.29 is 9.53 Å². The third-order valence-electron chi connectivity index (χ3n) is 6.30. The molecule has 4 rings (SSSR count). The number of hydrogen-bond donors (Lipinski definition) is 0. The first kappa shape index (κ1) is 26.3. The highest BCUT2D eigenvalue weighted by Crippen LogP contribution is 2.33. The van der Waals surface area contributed by atoms with E-state index in [1.807, 2.05) is 44.0 Å². The number of methoxy groups -OCH3 is 1. The summed E-state index contributed by atoms with van der Waals surface area (Å²) in [5.74, 6) is 2.16. The van der Waals surface area contributed by atoms with Gasteiger partial charge in [0.05, 0.1) is 23.5 Å². The number of aromatic nitrogens is 3. The van der Waals surface area contributed by atoms with Crippen molar-refractivity contribution in [2.75, 3.05) is 75.2 Å². The number of hydrogen-bond acceptors (Lipinski definition) is 9. The van der Waals surface area contributed by atoms with Crippen molar-refractivity contribution in [3.63, 3.8) is 0 Å². The topological polar surface area (TPSA) is 77.9 Å². The standard InChI is InChI=1S/C25H32ClN7O2S/c1-17-7-6-8-19(26)23(17)31(4)25(34)24-27-16-22(36-24)30(3)20-15-21(29-18(2)28-20)33-11-9-32(10-12-33)13-14-35-5/h6-8,15-16H,9-14H2,1-5H3. The molecule has 0 spiro atoms. The Balaban J connectivity index is 1.49. The summed E-state index contributed by atoms with van der Waals surface area (Å²) >= 11 is 7.69. The quantitative estimate of drug-likeness (QED) is 0.433. The Kier molecular flexibility index (Phi) is 8.40. The van der Waals surface area contributed by atoms with E-state index in [9.17, 15) is 4.79 Å². The van der Waals surface area contributed by atoms with E-state index in [4.69, 9.17) is 16.3 Å². The van der Waals surface area contributed by atoms with Gasteiger partial charge in [-0.2, -0.15) is 0 Å². The average Bonchev–Trinajstić information content (AvgIpc) is 3.36. The van der Waals surface area contributed by atoms with Gasteiger partial charge >= 0.3 is 0 Å². The van der Waals surface area contributed by atoms with Gasteiger partial charge in [0.15, 0.2) is 5.01 Å². The number of aryl methyl sites for hydroxylation is 2. The number of piperazine rings is 1. The molecular weight excluding hydrogens is 498 g/mol. The minimum absolute atomic E-state index is 0.207. The van der Waals surface area contributed by atoms with Gasteiger partial charge in [0.1, 0.15) is 22.5 Å². The summed E-state index contributed by atoms with van der Waals surface area (Å²) in [4.78, 5) is 35.1. The molecule has 2 aromatic heterocycles. The predicted molar refractivity (Wildman–Crippen MR) is 146 cm³/mol. The van der Waals surface area contributed by atoms with Gasteiger partial charge in [-0.25, -0.2) is 15.0 Å². The predicted octanol–water partition coefficient (Wildman–Crippen LogP) is 4.02. The molecule has 1 aromatic carbocycles. The maximum Gasteiger partial charge on any atom is 0.287 e. The molecule has 0 aliphatic carbocycles. The van der Waals surface area contributed by atoms with Crippen molar-refractivity contribution in [3.8, 4) is 0 Å². The Morgan fingerprint density at radius 1 is 1.17 bits per heavy atom. The number of ether oxygens (including phenoxy) is 1. The smallest absolute Gasteiger partial charge is 0.287 e. The van der Waals surface area contributed by atoms with Crippen molar-refractivity contribution in [3.05, 3.63) is 51.9 Å². The lowest BCUT2D eigenvalue weighted by Gasteiger charge is -2.35. The normalized spacial score (nSPS) is 14.2. The van der Waals surface area contributed by atoms with Gasteiger partial charge in [-0.1, -0.05) is 35.1 Å². The molecule has 0 saturated carbocycles. The molecule has 0 bridgehead atoms. The Bertz CT molecular complexity index is 1190. The third kappa shape index (κ3) is 5.78. The zero-order chi connectivity index (χ0) is 25.8. The van der Waals surface area contributed by atoms with Crippen LogP contribution < -0.4 is 14.7 Å². The molecule has 1 aliphatic rings. The lowest BCUT2D eigenvalue weighted by molar-refractivity contribution is 0.0992. The van der Waals surface area contributed by atoms with Crippen molar-refractivity contribution >= 4 is 51.2 Å². The second kappa shape index (κ2) is 11.5. The summed E-state index contributed by atoms with van der Waals surface area (Å²) in [6, 6.07) is 7.58. The monoisotopic (exact) mass is 529 g/mol. The van der Waals surface area contributed by atoms with Crippen LogP contribution in [-0.2, 0) is 4.74 Å². The van der Waals surface area contributed by atoms with Gasteiger partial charge in [0, 0.05) is 60.0 Å². The summed E-state index contributed by atoms with van der Waals surface area (Å²) in [6.45, 7) is 9.26. The van der Waals surface area contributed by atoms with Gasteiger partial charge in [-0.3, -0.25) is 9.69 Å². The SMILES string of the molecule is COCCN1CCN(c2cc(N(C)c3cnc(C(=O)N(C)c4c(C)cccc4Cl)s3)nc(C)n2)CC1. The van der Waals surface area contributed by atoms with Crippen LogP contribution in [0.4, 0.5) is 22.3 Å². The summed E-state index contributed by atoms with van der Waals surface area (Å²) in [5.41, 5.74) is 1.61. The van der Waals surface area contributed by atoms with Crippen LogP contribution in [0.15, 0.2) is 30.5 Å². The number of anilines is 4. The second-order valence-corrected chi connectivity index (χ2v) is 10.2. The second-order valence-electron chi connectivity index (χ2n) is 8.79. The van der Waals surface area contributed by atoms with Crippen molar-refractivity contribution in [1.29, 1.82) is 0 Å². The number of para-hydroxylation sites is 1. The molecule has 1 saturated heterocycles. The maximum absolute atomic E-state index is 13.2. The van der Waals surface area contributed by atoms with E-state index < -0.39 is 0 Å². The van der Waals surface area contributed by atoms with E-state index in [2.05, 4.69) is 24.8 Å². The van der Waals surface area contributed by atoms with E-state index >= 15 is 0 Å². The number of carbonyl (C=O) groups is 1. The van der Waals surface area contributed by atoms with Crippen LogP contribution >= 0.6 is 22.9 Å². The Hall–Kier alpha value is -2.79. The van der Waals surface area contributed by atoms with E-state index in [0.717, 1.165) is 61.5 Å². The molecular formula is C25H32ClN7O2S. The van der Waals surface area contributed by atoms with Crippen LogP contribution in [0.1, 0.15) is 21.2 Å². The Labute approximate surface area is 221 Å². The fourth-order valence-electron chi connectivity index (χ4n) is 4.22. The molecule has 3 aromatic rings. The highest BCUT2D eigenvalue weighted by atomic mass is 35.5. The molecule has 36 heavy (non-hydrogen) atoms. The Morgan fingerprint density at radius 3 is 2.61 bits per heavy atom. The third-order valence-corrected chi connectivity index (χ3v) is 7.66. The Morgan fingerprint density at radius 2 is 1.92 bits per heavy atom. The first-order valence-corrected chi connectivity index (χ1v) is 13.0. The molecule has 3 heterocycles. The number of rotatable bonds is 8. The van der Waals surface area contributed by atoms with Crippen molar-refractivity contribution in [2.24, 2.45) is 0 Å². The van der Waals surface area contributed by atoms with Crippen LogP contribution in [-0.4, -0.2) is 86.3 Å². The van der Waals surface area contributed by atoms with Crippen LogP contribution in [0.3, 0.4) is 0 Å². The molecule has 0 radical (unpaired) electrons. The number of thiazole rings is 1. The number of amides is 1. The molecule has 11 heteroatoms. The van der Waals surface area contributed by atoms with E-state index in [0.29, 0.717) is 21.5 Å². The largest absolute Gasteiger partial charge is 0.383 e. The van der Waals surface area contributed by atoms with E-state index in [1.165, 1.54) is 11.3 Å². The first-order chi connectivity index (χ1) is 17.3. The molecule has 192 valence electrons. The summed E-state index contributed by atoms with van der Waals surface area (Å²) in [5, 5.41) is 1.73. The summed E-state index contributed by atoms with van der Waals surface area (Å²) in [6.07, 6.45) is 1.71. The van der Waals surface area contributed by atoms with E-state index in [-0.39, 0.29) is 5.91 Å². The van der Waals surface area contributed by atoms with Gasteiger partial charge in [-0.15, -0.1) is 0 Å². The van der Waals surface area contributed by atoms with E-state index in [1.54, 1.807) is 31.3 Å². The molecule has 9 nitrogen and oxygen atoms in total. The van der Waals surface area contributed by atoms with Crippen LogP contribution in [0, 0.1) is 13.8 Å². The number of nitrogens with zero attached hydrogens (tertiary/aromatic N) is 7. The molecule has 1 amide bonds. The van der Waals surface area contributed by atoms with Gasteiger partial charge in [0.25, 0.3) is 5.91 Å². The lowest BCUT2D eigenvalue weighted by Crippen LogP contribution is -2.47. The highest BCUT2D eigenvalue weighted by Gasteiger charge is 2.23. The van der Waals surface area contributed by atoms with Crippen LogP contribution in [0.5, 0.6) is 0 Å². The van der Waals surface area contributed by atoms with Crippen molar-refractivity contribution in [1.82, 2.24) is 19.9 Å². The zero-order valence-electron chi connectivity index (χ0n) is 21.4. The summed E-state index contributed by atoms with van der Waals surface area (Å²) in [7, 11) is 5.38. The minimum atomic E-state index is -0.207. The fourth-order valence-corrected chi connectivity index (χ4v) is 5.43. The maximum atomic E-state index is 13.2. The highest BCUT2D eigenvalue weighted by molar-refractivity contribution is 7.17. The average molecular weight is 530 g/mol. The number of halogens is 1. The van der Waals surface area contributed by atoms with Crippen LogP contribution in [0.25, 0.3) is 0 Å². The molecule has 1 fully saturated rings. The fraction of sp³-hybridized carbons (Fsp3) is 0.440. The summed E-state index contributed by atoms with van der Waals surface area (Å²) < 4.78 is 5.20. The number of benzene rings is 1. The van der Waals surface area contributed by atoms with Gasteiger partial charge in [0.2, 0.25) is 0 Å².